The monoisotopic (exact) mass is 542 g/mol. The van der Waals surface area contributed by atoms with E-state index in [0.717, 1.165) is 37.6 Å². The number of para-hydroxylation sites is 2. The van der Waals surface area contributed by atoms with Crippen molar-refractivity contribution < 1.29 is 24.1 Å². The number of carboxylic acids is 1. The van der Waals surface area contributed by atoms with Gasteiger partial charge in [-0.2, -0.15) is 0 Å². The summed E-state index contributed by atoms with van der Waals surface area (Å²) in [6.45, 7) is 4.74. The highest BCUT2D eigenvalue weighted by molar-refractivity contribution is 9.10. The van der Waals surface area contributed by atoms with Crippen LogP contribution >= 0.6 is 27.7 Å². The van der Waals surface area contributed by atoms with Gasteiger partial charge in [0.15, 0.2) is 6.61 Å². The molecule has 178 valence electrons. The zero-order valence-corrected chi connectivity index (χ0v) is 21.5. The number of carbonyl (C=O) groups is 1. The van der Waals surface area contributed by atoms with Gasteiger partial charge < -0.3 is 19.3 Å². The first-order chi connectivity index (χ1) is 16.5. The highest BCUT2D eigenvalue weighted by Gasteiger charge is 2.15. The third-order valence-corrected chi connectivity index (χ3v) is 6.66. The third-order valence-electron chi connectivity index (χ3n) is 4.75. The molecular weight excluding hydrogens is 516 g/mol. The summed E-state index contributed by atoms with van der Waals surface area (Å²) in [7, 11) is 0. The highest BCUT2D eigenvalue weighted by Crippen LogP contribution is 2.37. The van der Waals surface area contributed by atoms with Crippen LogP contribution in [0.3, 0.4) is 0 Å². The molecule has 0 spiro atoms. The van der Waals surface area contributed by atoms with Crippen LogP contribution in [0, 0.1) is 0 Å². The first kappa shape index (κ1) is 25.7. The number of hydrogen-bond donors (Lipinski definition) is 1. The standard InChI is InChI=1S/C27H27BrO5S/c1-3-31-24-11-7-5-9-21(24)20(22-10-6-8-12-25(22)32-4-2)15-16-34-26-14-13-19(17-23(26)28)33-18-27(29)30/h5-15,17H,3-4,16,18H2,1-2H3,(H,29,30). The molecule has 0 saturated carbocycles. The smallest absolute Gasteiger partial charge is 0.341 e. The molecule has 1 N–H and O–H groups in total. The van der Waals surface area contributed by atoms with Crippen LogP contribution in [0.1, 0.15) is 25.0 Å². The lowest BCUT2D eigenvalue weighted by molar-refractivity contribution is -0.139. The molecule has 7 heteroatoms. The Labute approximate surface area is 212 Å². The van der Waals surface area contributed by atoms with Crippen molar-refractivity contribution in [2.45, 2.75) is 18.7 Å². The van der Waals surface area contributed by atoms with E-state index < -0.39 is 5.97 Å². The third kappa shape index (κ3) is 7.05. The average Bonchev–Trinajstić information content (AvgIpc) is 2.83. The number of aliphatic carboxylic acids is 1. The zero-order chi connectivity index (χ0) is 24.3. The Morgan fingerprint density at radius 1 is 0.912 bits per heavy atom. The van der Waals surface area contributed by atoms with E-state index in [9.17, 15) is 4.79 Å². The fraction of sp³-hybridized carbons (Fsp3) is 0.222. The molecule has 0 aliphatic rings. The van der Waals surface area contributed by atoms with Crippen molar-refractivity contribution in [1.29, 1.82) is 0 Å². The van der Waals surface area contributed by atoms with Crippen molar-refractivity contribution in [3.05, 3.63) is 88.4 Å². The maximum Gasteiger partial charge on any atom is 0.341 e. The van der Waals surface area contributed by atoms with E-state index in [-0.39, 0.29) is 6.61 Å². The molecule has 0 aromatic heterocycles. The number of rotatable bonds is 12. The molecule has 3 aromatic carbocycles. The summed E-state index contributed by atoms with van der Waals surface area (Å²) in [5.74, 6) is 1.85. The van der Waals surface area contributed by atoms with Gasteiger partial charge in [0.1, 0.15) is 17.2 Å². The molecule has 0 fully saturated rings. The lowest BCUT2D eigenvalue weighted by Crippen LogP contribution is -2.09. The molecular formula is C27H27BrO5S. The first-order valence-electron chi connectivity index (χ1n) is 10.9. The zero-order valence-electron chi connectivity index (χ0n) is 19.1. The van der Waals surface area contributed by atoms with Crippen LogP contribution in [0.5, 0.6) is 17.2 Å². The van der Waals surface area contributed by atoms with Gasteiger partial charge in [0.05, 0.1) is 13.2 Å². The molecule has 3 aromatic rings. The normalized spacial score (nSPS) is 10.4. The van der Waals surface area contributed by atoms with Crippen molar-refractivity contribution in [3.8, 4) is 17.2 Å². The second-order valence-corrected chi connectivity index (χ2v) is 8.98. The van der Waals surface area contributed by atoms with Crippen molar-refractivity contribution in [2.75, 3.05) is 25.6 Å². The molecule has 0 atom stereocenters. The van der Waals surface area contributed by atoms with Crippen LogP contribution < -0.4 is 14.2 Å². The first-order valence-corrected chi connectivity index (χ1v) is 12.7. The number of ether oxygens (including phenoxy) is 3. The van der Waals surface area contributed by atoms with E-state index >= 15 is 0 Å². The molecule has 0 heterocycles. The number of thioether (sulfide) groups is 1. The molecule has 34 heavy (non-hydrogen) atoms. The van der Waals surface area contributed by atoms with Crippen LogP contribution in [0.15, 0.2) is 82.2 Å². The number of halogens is 1. The fourth-order valence-corrected chi connectivity index (χ4v) is 4.85. The van der Waals surface area contributed by atoms with Gasteiger partial charge in [0, 0.05) is 26.2 Å². The van der Waals surface area contributed by atoms with E-state index in [1.54, 1.807) is 23.9 Å². The Balaban J connectivity index is 1.91. The number of carboxylic acid groups (broad SMARTS) is 1. The maximum atomic E-state index is 10.7. The predicted octanol–water partition coefficient (Wildman–Crippen LogP) is 6.93. The molecule has 0 amide bonds. The van der Waals surface area contributed by atoms with E-state index in [0.29, 0.717) is 24.7 Å². The summed E-state index contributed by atoms with van der Waals surface area (Å²) in [5.41, 5.74) is 3.06. The van der Waals surface area contributed by atoms with E-state index in [1.165, 1.54) is 0 Å². The summed E-state index contributed by atoms with van der Waals surface area (Å²) in [6, 6.07) is 21.5. The minimum atomic E-state index is -1.01. The predicted molar refractivity (Wildman–Crippen MR) is 140 cm³/mol. The van der Waals surface area contributed by atoms with Gasteiger partial charge in [0.2, 0.25) is 0 Å². The minimum Gasteiger partial charge on any atom is -0.493 e. The van der Waals surface area contributed by atoms with Gasteiger partial charge in [-0.1, -0.05) is 42.5 Å². The summed E-state index contributed by atoms with van der Waals surface area (Å²) >= 11 is 5.23. The molecule has 3 rings (SSSR count). The Kier molecular flexibility index (Phi) is 9.91. The summed E-state index contributed by atoms with van der Waals surface area (Å²) < 4.78 is 18.0. The molecule has 0 bridgehead atoms. The quantitative estimate of drug-likeness (QED) is 0.250. The Morgan fingerprint density at radius 2 is 1.50 bits per heavy atom. The number of benzene rings is 3. The summed E-state index contributed by atoms with van der Waals surface area (Å²) in [4.78, 5) is 11.8. The highest BCUT2D eigenvalue weighted by atomic mass is 79.9. The van der Waals surface area contributed by atoms with Gasteiger partial charge in [0.25, 0.3) is 0 Å². The van der Waals surface area contributed by atoms with E-state index in [2.05, 4.69) is 34.1 Å². The minimum absolute atomic E-state index is 0.372. The summed E-state index contributed by atoms with van der Waals surface area (Å²) in [5, 5.41) is 8.80. The van der Waals surface area contributed by atoms with Gasteiger partial charge in [-0.3, -0.25) is 0 Å². The Morgan fingerprint density at radius 3 is 2.03 bits per heavy atom. The molecule has 0 unspecified atom stereocenters. The Bertz CT molecular complexity index is 1090. The van der Waals surface area contributed by atoms with Crippen LogP contribution in [0.4, 0.5) is 0 Å². The maximum absolute atomic E-state index is 10.7. The van der Waals surface area contributed by atoms with Gasteiger partial charge >= 0.3 is 5.97 Å². The molecule has 0 saturated heterocycles. The number of hydrogen-bond acceptors (Lipinski definition) is 5. The summed E-state index contributed by atoms with van der Waals surface area (Å²) in [6.07, 6.45) is 2.18. The SMILES string of the molecule is CCOc1ccccc1C(=CCSc1ccc(OCC(=O)O)cc1Br)c1ccccc1OCC. The van der Waals surface area contributed by atoms with Crippen molar-refractivity contribution in [1.82, 2.24) is 0 Å². The average molecular weight is 543 g/mol. The lowest BCUT2D eigenvalue weighted by Gasteiger charge is -2.17. The van der Waals surface area contributed by atoms with E-state index in [4.69, 9.17) is 19.3 Å². The molecule has 0 aliphatic heterocycles. The van der Waals surface area contributed by atoms with Gasteiger partial charge in [-0.15, -0.1) is 11.8 Å². The van der Waals surface area contributed by atoms with Crippen molar-refractivity contribution in [2.24, 2.45) is 0 Å². The van der Waals surface area contributed by atoms with Crippen LogP contribution in [-0.2, 0) is 4.79 Å². The molecule has 0 radical (unpaired) electrons. The molecule has 0 aliphatic carbocycles. The van der Waals surface area contributed by atoms with Gasteiger partial charge in [-0.05, 0) is 65.7 Å². The topological polar surface area (TPSA) is 65.0 Å². The Hall–Kier alpha value is -2.90. The van der Waals surface area contributed by atoms with Gasteiger partial charge in [-0.25, -0.2) is 4.79 Å². The largest absolute Gasteiger partial charge is 0.493 e. The molecule has 5 nitrogen and oxygen atoms in total. The van der Waals surface area contributed by atoms with Crippen LogP contribution in [0.2, 0.25) is 0 Å². The van der Waals surface area contributed by atoms with Crippen molar-refractivity contribution >= 4 is 39.2 Å². The van der Waals surface area contributed by atoms with Crippen LogP contribution in [-0.4, -0.2) is 36.6 Å². The second-order valence-electron chi connectivity index (χ2n) is 7.06. The lowest BCUT2D eigenvalue weighted by atomic mass is 9.96. The second kappa shape index (κ2) is 13.1. The van der Waals surface area contributed by atoms with Crippen molar-refractivity contribution in [3.63, 3.8) is 0 Å². The van der Waals surface area contributed by atoms with E-state index in [1.807, 2.05) is 56.3 Å². The van der Waals surface area contributed by atoms with Crippen LogP contribution in [0.25, 0.3) is 5.57 Å². The fourth-order valence-electron chi connectivity index (χ4n) is 3.35.